The Morgan fingerprint density at radius 3 is 2.42 bits per heavy atom. The number of nitrogens with zero attached hydrogens (tertiary/aromatic N) is 3. The van der Waals surface area contributed by atoms with Crippen LogP contribution in [0, 0.1) is 6.92 Å². The summed E-state index contributed by atoms with van der Waals surface area (Å²) in [7, 11) is 0. The zero-order chi connectivity index (χ0) is 23.5. The Bertz CT molecular complexity index is 1310. The molecule has 1 atom stereocenters. The third-order valence-electron chi connectivity index (χ3n) is 4.93. The number of carbonyl (C=O) groups is 1. The van der Waals surface area contributed by atoms with E-state index in [-0.39, 0.29) is 5.91 Å². The summed E-state index contributed by atoms with van der Waals surface area (Å²) >= 11 is 12.1. The Balaban J connectivity index is 1.51. The van der Waals surface area contributed by atoms with Crippen molar-refractivity contribution < 1.29 is 14.3 Å². The molecule has 1 N–H and O–H groups in total. The molecular formula is C24H22Cl2N4O3. The van der Waals surface area contributed by atoms with E-state index in [4.69, 9.17) is 32.7 Å². The van der Waals surface area contributed by atoms with Crippen molar-refractivity contribution >= 4 is 45.8 Å². The zero-order valence-corrected chi connectivity index (χ0v) is 19.8. The molecule has 0 fully saturated rings. The molecule has 3 aromatic carbocycles. The maximum Gasteiger partial charge on any atom is 0.265 e. The first-order chi connectivity index (χ1) is 15.8. The molecule has 0 saturated heterocycles. The lowest BCUT2D eigenvalue weighted by atomic mass is 10.1. The number of aryl methyl sites for hydroxylation is 1. The molecule has 4 rings (SSSR count). The van der Waals surface area contributed by atoms with Crippen LogP contribution in [0.4, 0.5) is 5.69 Å². The number of nitrogens with one attached hydrogen (secondary N) is 1. The van der Waals surface area contributed by atoms with E-state index >= 15 is 0 Å². The normalized spacial score (nSPS) is 11.9. The van der Waals surface area contributed by atoms with E-state index in [1.807, 2.05) is 44.2 Å². The molecule has 1 unspecified atom stereocenters. The van der Waals surface area contributed by atoms with Crippen molar-refractivity contribution in [2.45, 2.75) is 26.9 Å². The first-order valence-electron chi connectivity index (χ1n) is 10.4. The van der Waals surface area contributed by atoms with Crippen molar-refractivity contribution in [3.63, 3.8) is 0 Å². The Hall–Kier alpha value is -3.29. The molecule has 0 aliphatic carbocycles. The molecule has 0 saturated carbocycles. The number of halogens is 2. The van der Waals surface area contributed by atoms with Crippen LogP contribution in [0.1, 0.15) is 19.4 Å². The van der Waals surface area contributed by atoms with Gasteiger partial charge in [-0.15, -0.1) is 10.2 Å². The quantitative estimate of drug-likeness (QED) is 0.356. The summed E-state index contributed by atoms with van der Waals surface area (Å²) in [5.41, 5.74) is 3.66. The molecule has 0 bridgehead atoms. The number of fused-ring (bicyclic) bond motifs is 1. The molecule has 1 amide bonds. The topological polar surface area (TPSA) is 78.3 Å². The molecule has 0 aliphatic heterocycles. The Labute approximate surface area is 201 Å². The summed E-state index contributed by atoms with van der Waals surface area (Å²) in [6.45, 7) is 6.09. The molecule has 7 nitrogen and oxygen atoms in total. The van der Waals surface area contributed by atoms with Gasteiger partial charge in [-0.25, -0.2) is 0 Å². The van der Waals surface area contributed by atoms with Crippen molar-refractivity contribution in [1.82, 2.24) is 15.0 Å². The number of benzene rings is 3. The number of hydrogen-bond donors (Lipinski definition) is 1. The first-order valence-corrected chi connectivity index (χ1v) is 11.1. The van der Waals surface area contributed by atoms with E-state index in [0.29, 0.717) is 33.6 Å². The van der Waals surface area contributed by atoms with Crippen LogP contribution in [-0.2, 0) is 4.79 Å². The van der Waals surface area contributed by atoms with Gasteiger partial charge in [0, 0.05) is 10.7 Å². The van der Waals surface area contributed by atoms with Crippen molar-refractivity contribution in [1.29, 1.82) is 0 Å². The lowest BCUT2D eigenvalue weighted by Gasteiger charge is -2.16. The van der Waals surface area contributed by atoms with Gasteiger partial charge in [-0.3, -0.25) is 4.79 Å². The fraction of sp³-hybridized carbons (Fsp3) is 0.208. The number of ether oxygens (including phenoxy) is 2. The minimum Gasteiger partial charge on any atom is -0.494 e. The monoisotopic (exact) mass is 484 g/mol. The van der Waals surface area contributed by atoms with Crippen LogP contribution >= 0.6 is 23.2 Å². The summed E-state index contributed by atoms with van der Waals surface area (Å²) in [4.78, 5) is 14.3. The van der Waals surface area contributed by atoms with Gasteiger partial charge in [0.1, 0.15) is 22.5 Å². The number of amides is 1. The van der Waals surface area contributed by atoms with Gasteiger partial charge in [0.15, 0.2) is 6.10 Å². The fourth-order valence-electron chi connectivity index (χ4n) is 3.21. The summed E-state index contributed by atoms with van der Waals surface area (Å²) in [6, 6.07) is 16.0. The second-order valence-corrected chi connectivity index (χ2v) is 8.24. The van der Waals surface area contributed by atoms with Gasteiger partial charge in [-0.05, 0) is 80.9 Å². The molecule has 0 spiro atoms. The van der Waals surface area contributed by atoms with Gasteiger partial charge in [0.2, 0.25) is 0 Å². The number of rotatable bonds is 7. The van der Waals surface area contributed by atoms with Crippen molar-refractivity contribution in [3.05, 3.63) is 70.2 Å². The maximum atomic E-state index is 12.7. The minimum atomic E-state index is -0.779. The van der Waals surface area contributed by atoms with Gasteiger partial charge in [0.05, 0.1) is 17.3 Å². The highest BCUT2D eigenvalue weighted by atomic mass is 35.5. The van der Waals surface area contributed by atoms with E-state index in [2.05, 4.69) is 15.5 Å². The third-order valence-corrected chi connectivity index (χ3v) is 5.46. The second-order valence-electron chi connectivity index (χ2n) is 7.40. The second kappa shape index (κ2) is 9.68. The van der Waals surface area contributed by atoms with E-state index in [9.17, 15) is 4.79 Å². The summed E-state index contributed by atoms with van der Waals surface area (Å²) in [5.74, 6) is 0.853. The minimum absolute atomic E-state index is 0.317. The number of aromatic nitrogens is 3. The Morgan fingerprint density at radius 1 is 1.06 bits per heavy atom. The van der Waals surface area contributed by atoms with Gasteiger partial charge < -0.3 is 14.8 Å². The highest BCUT2D eigenvalue weighted by molar-refractivity contribution is 6.35. The van der Waals surface area contributed by atoms with E-state index < -0.39 is 6.10 Å². The zero-order valence-electron chi connectivity index (χ0n) is 18.3. The van der Waals surface area contributed by atoms with Crippen LogP contribution in [-0.4, -0.2) is 33.6 Å². The average molecular weight is 485 g/mol. The Kier molecular flexibility index (Phi) is 6.72. The molecule has 1 aromatic heterocycles. The lowest BCUT2D eigenvalue weighted by Crippen LogP contribution is -2.30. The fourth-order valence-corrected chi connectivity index (χ4v) is 3.66. The molecule has 33 heavy (non-hydrogen) atoms. The first kappa shape index (κ1) is 22.9. The van der Waals surface area contributed by atoms with E-state index in [1.54, 1.807) is 36.0 Å². The summed E-state index contributed by atoms with van der Waals surface area (Å²) in [6.07, 6.45) is -0.779. The van der Waals surface area contributed by atoms with Crippen LogP contribution < -0.4 is 14.8 Å². The maximum absolute atomic E-state index is 12.7. The van der Waals surface area contributed by atoms with Crippen LogP contribution in [0.3, 0.4) is 0 Å². The van der Waals surface area contributed by atoms with Crippen molar-refractivity contribution in [3.8, 4) is 17.2 Å². The predicted octanol–water partition coefficient (Wildman–Crippen LogP) is 5.84. The van der Waals surface area contributed by atoms with Crippen LogP contribution in [0.5, 0.6) is 11.5 Å². The standard InChI is InChI=1S/C24H22Cl2N4O3/c1-4-32-18-8-6-17(7-9-18)30-28-21-11-14(2)20(13-22(21)29-30)27-24(31)15(3)33-23-10-5-16(25)12-19(23)26/h5-13,15H,4H2,1-3H3,(H,27,31). The highest BCUT2D eigenvalue weighted by Crippen LogP contribution is 2.29. The van der Waals surface area contributed by atoms with Gasteiger partial charge in [0.25, 0.3) is 5.91 Å². The molecule has 9 heteroatoms. The van der Waals surface area contributed by atoms with Crippen LogP contribution in [0.15, 0.2) is 54.6 Å². The van der Waals surface area contributed by atoms with E-state index in [0.717, 1.165) is 22.5 Å². The van der Waals surface area contributed by atoms with E-state index in [1.165, 1.54) is 0 Å². The van der Waals surface area contributed by atoms with Crippen molar-refractivity contribution in [2.24, 2.45) is 0 Å². The average Bonchev–Trinajstić information content (AvgIpc) is 3.19. The van der Waals surface area contributed by atoms with Gasteiger partial charge in [-0.2, -0.15) is 4.80 Å². The largest absolute Gasteiger partial charge is 0.494 e. The molecular weight excluding hydrogens is 463 g/mol. The summed E-state index contributed by atoms with van der Waals surface area (Å²) in [5, 5.41) is 12.8. The van der Waals surface area contributed by atoms with Crippen LogP contribution in [0.25, 0.3) is 16.7 Å². The Morgan fingerprint density at radius 2 is 1.76 bits per heavy atom. The van der Waals surface area contributed by atoms with Gasteiger partial charge in [-0.1, -0.05) is 23.2 Å². The predicted molar refractivity (Wildman–Crippen MR) is 130 cm³/mol. The molecule has 1 heterocycles. The smallest absolute Gasteiger partial charge is 0.265 e. The number of anilines is 1. The lowest BCUT2D eigenvalue weighted by molar-refractivity contribution is -0.122. The number of carbonyl (C=O) groups excluding carboxylic acids is 1. The SMILES string of the molecule is CCOc1ccc(-n2nc3cc(C)c(NC(=O)C(C)Oc4ccc(Cl)cc4Cl)cc3n2)cc1. The van der Waals surface area contributed by atoms with Crippen LogP contribution in [0.2, 0.25) is 10.0 Å². The highest BCUT2D eigenvalue weighted by Gasteiger charge is 2.18. The summed E-state index contributed by atoms with van der Waals surface area (Å²) < 4.78 is 11.2. The molecule has 0 radical (unpaired) electrons. The van der Waals surface area contributed by atoms with Gasteiger partial charge >= 0.3 is 0 Å². The number of hydrogen-bond acceptors (Lipinski definition) is 5. The van der Waals surface area contributed by atoms with Crippen molar-refractivity contribution in [2.75, 3.05) is 11.9 Å². The molecule has 170 valence electrons. The molecule has 0 aliphatic rings. The third kappa shape index (κ3) is 5.21. The molecule has 4 aromatic rings.